The van der Waals surface area contributed by atoms with Gasteiger partial charge in [0.15, 0.2) is 0 Å². The van der Waals surface area contributed by atoms with Crippen molar-refractivity contribution in [1.82, 2.24) is 0 Å². The lowest BCUT2D eigenvalue weighted by Crippen LogP contribution is -2.40. The maximum Gasteiger partial charge on any atom is 0.0781 e. The number of fused-ring (bicyclic) bond motifs is 7. The molecule has 3 nitrogen and oxygen atoms in total. The van der Waals surface area contributed by atoms with Gasteiger partial charge in [0.25, 0.3) is 0 Å². The van der Waals surface area contributed by atoms with Crippen molar-refractivity contribution < 1.29 is 0 Å². The highest BCUT2D eigenvalue weighted by Gasteiger charge is 2.37. The second-order valence-electron chi connectivity index (χ2n) is 13.7. The molecule has 9 rings (SSSR count). The molecule has 6 aromatic carbocycles. The standard InChI is InChI=1S/C45H37N3S/c1-45(2)38-16-8-6-15-36(38)37-26-21-31(29-39(37)45)46-40-27-20-30-28-43(40)48(41-17-9-7-14-35(30)41)34-24-22-33(23-25-34)47(32-12-4-3-5-13-32)42-18-10-11-19-44(42)49/h3-27,29,43,46,49H,28H2,1-2H3. The van der Waals surface area contributed by atoms with E-state index in [2.05, 4.69) is 175 Å². The smallest absolute Gasteiger partial charge is 0.0781 e. The predicted molar refractivity (Wildman–Crippen MR) is 209 cm³/mol. The molecule has 0 aromatic heterocycles. The summed E-state index contributed by atoms with van der Waals surface area (Å²) in [6.45, 7) is 4.68. The van der Waals surface area contributed by atoms with Crippen LogP contribution < -0.4 is 15.1 Å². The van der Waals surface area contributed by atoms with E-state index in [-0.39, 0.29) is 11.5 Å². The van der Waals surface area contributed by atoms with Crippen LogP contribution in [0.15, 0.2) is 168 Å². The van der Waals surface area contributed by atoms with E-state index in [4.69, 9.17) is 12.6 Å². The van der Waals surface area contributed by atoms with Crippen molar-refractivity contribution >= 4 is 52.3 Å². The minimum Gasteiger partial charge on any atom is -0.357 e. The third kappa shape index (κ3) is 4.90. The minimum atomic E-state index is -0.0453. The van der Waals surface area contributed by atoms with E-state index in [1.54, 1.807) is 0 Å². The van der Waals surface area contributed by atoms with Crippen LogP contribution in [0.2, 0.25) is 0 Å². The number of hydrogen-bond acceptors (Lipinski definition) is 4. The lowest BCUT2D eigenvalue weighted by Gasteiger charge is -2.43. The Bertz CT molecular complexity index is 2280. The van der Waals surface area contributed by atoms with Crippen LogP contribution in [0.5, 0.6) is 0 Å². The van der Waals surface area contributed by atoms with Crippen molar-refractivity contribution in [3.05, 3.63) is 180 Å². The zero-order valence-electron chi connectivity index (χ0n) is 27.6. The third-order valence-corrected chi connectivity index (χ3v) is 10.8. The SMILES string of the molecule is CC1(C)c2ccccc2-c2ccc(NC3=CC=C4CC3N(c3ccc(N(c5ccccc5)c5ccccc5S)cc3)c3ccccc34)cc21. The average Bonchev–Trinajstić information content (AvgIpc) is 3.37. The maximum atomic E-state index is 4.84. The number of thiol groups is 1. The number of rotatable bonds is 6. The molecule has 0 fully saturated rings. The summed E-state index contributed by atoms with van der Waals surface area (Å²) >= 11 is 4.84. The number of para-hydroxylation sites is 3. The van der Waals surface area contributed by atoms with Crippen LogP contribution in [-0.2, 0) is 5.41 Å². The summed E-state index contributed by atoms with van der Waals surface area (Å²) in [5.41, 5.74) is 16.0. The highest BCUT2D eigenvalue weighted by atomic mass is 32.1. The third-order valence-electron chi connectivity index (χ3n) is 10.5. The van der Waals surface area contributed by atoms with E-state index in [0.717, 1.165) is 39.8 Å². The molecular weight excluding hydrogens is 615 g/mol. The van der Waals surface area contributed by atoms with Crippen molar-refractivity contribution in [2.45, 2.75) is 36.6 Å². The van der Waals surface area contributed by atoms with Gasteiger partial charge in [-0.2, -0.15) is 0 Å². The molecule has 0 saturated carbocycles. The molecule has 1 heterocycles. The van der Waals surface area contributed by atoms with Crippen molar-refractivity contribution in [2.75, 3.05) is 15.1 Å². The molecule has 1 atom stereocenters. The van der Waals surface area contributed by atoms with Crippen molar-refractivity contribution in [3.8, 4) is 11.1 Å². The molecule has 0 amide bonds. The Morgan fingerprint density at radius 3 is 2.14 bits per heavy atom. The molecule has 0 saturated heterocycles. The lowest BCUT2D eigenvalue weighted by molar-refractivity contribution is 0.660. The molecule has 49 heavy (non-hydrogen) atoms. The largest absolute Gasteiger partial charge is 0.357 e. The van der Waals surface area contributed by atoms with Crippen LogP contribution in [0.25, 0.3) is 16.7 Å². The average molecular weight is 652 g/mol. The van der Waals surface area contributed by atoms with Gasteiger partial charge in [-0.05, 0) is 107 Å². The zero-order valence-corrected chi connectivity index (χ0v) is 28.5. The number of allylic oxidation sites excluding steroid dienone is 2. The Labute approximate surface area is 294 Å². The molecule has 3 aliphatic rings. The number of nitrogens with zero attached hydrogens (tertiary/aromatic N) is 2. The number of hydrogen-bond donors (Lipinski definition) is 2. The van der Waals surface area contributed by atoms with Gasteiger partial charge in [0.05, 0.1) is 11.7 Å². The lowest BCUT2D eigenvalue weighted by atomic mass is 9.82. The number of anilines is 6. The van der Waals surface area contributed by atoms with Gasteiger partial charge in [0.2, 0.25) is 0 Å². The minimum absolute atomic E-state index is 0.0453. The van der Waals surface area contributed by atoms with Crippen LogP contribution >= 0.6 is 12.6 Å². The first-order valence-electron chi connectivity index (χ1n) is 17.0. The van der Waals surface area contributed by atoms with Gasteiger partial charge in [0, 0.05) is 50.0 Å². The van der Waals surface area contributed by atoms with E-state index in [9.17, 15) is 0 Å². The first-order valence-corrected chi connectivity index (χ1v) is 17.5. The van der Waals surface area contributed by atoms with Gasteiger partial charge in [-0.1, -0.05) is 98.8 Å². The van der Waals surface area contributed by atoms with E-state index in [1.807, 2.05) is 12.1 Å². The van der Waals surface area contributed by atoms with Gasteiger partial charge in [-0.3, -0.25) is 0 Å². The first-order chi connectivity index (χ1) is 24.0. The molecule has 0 spiro atoms. The Hall–Kier alpha value is -5.45. The van der Waals surface area contributed by atoms with Crippen molar-refractivity contribution in [1.29, 1.82) is 0 Å². The molecule has 2 bridgehead atoms. The summed E-state index contributed by atoms with van der Waals surface area (Å²) in [7, 11) is 0. The molecule has 2 aliphatic carbocycles. The fourth-order valence-corrected chi connectivity index (χ4v) is 8.31. The summed E-state index contributed by atoms with van der Waals surface area (Å²) in [6, 6.07) is 52.4. The van der Waals surface area contributed by atoms with Crippen LogP contribution in [-0.4, -0.2) is 6.04 Å². The molecule has 1 N–H and O–H groups in total. The van der Waals surface area contributed by atoms with Crippen molar-refractivity contribution in [2.24, 2.45) is 0 Å². The van der Waals surface area contributed by atoms with Gasteiger partial charge < -0.3 is 15.1 Å². The molecule has 0 radical (unpaired) electrons. The van der Waals surface area contributed by atoms with Gasteiger partial charge in [-0.25, -0.2) is 0 Å². The fraction of sp³-hybridized carbons (Fsp3) is 0.111. The monoisotopic (exact) mass is 651 g/mol. The van der Waals surface area contributed by atoms with Gasteiger partial charge in [0.1, 0.15) is 0 Å². The van der Waals surface area contributed by atoms with E-state index in [1.165, 1.54) is 44.8 Å². The van der Waals surface area contributed by atoms with E-state index in [0.29, 0.717) is 0 Å². The van der Waals surface area contributed by atoms with Crippen LogP contribution in [0, 0.1) is 0 Å². The highest BCUT2D eigenvalue weighted by molar-refractivity contribution is 7.80. The second kappa shape index (κ2) is 11.6. The molecule has 1 unspecified atom stereocenters. The number of benzene rings is 6. The number of nitrogens with one attached hydrogen (secondary N) is 1. The van der Waals surface area contributed by atoms with E-state index < -0.39 is 0 Å². The maximum absolute atomic E-state index is 4.84. The first kappa shape index (κ1) is 29.7. The van der Waals surface area contributed by atoms with Crippen LogP contribution in [0.4, 0.5) is 34.1 Å². The molecule has 4 heteroatoms. The molecule has 6 aromatic rings. The second-order valence-corrected chi connectivity index (χ2v) is 14.1. The summed E-state index contributed by atoms with van der Waals surface area (Å²) in [5, 5.41) is 3.90. The molecule has 238 valence electrons. The Morgan fingerprint density at radius 2 is 1.33 bits per heavy atom. The molecular formula is C45H37N3S. The van der Waals surface area contributed by atoms with Crippen molar-refractivity contribution in [3.63, 3.8) is 0 Å². The topological polar surface area (TPSA) is 18.5 Å². The van der Waals surface area contributed by atoms with Gasteiger partial charge >= 0.3 is 0 Å². The van der Waals surface area contributed by atoms with Crippen LogP contribution in [0.3, 0.4) is 0 Å². The quantitative estimate of drug-likeness (QED) is 0.175. The normalized spacial score (nSPS) is 16.6. The summed E-state index contributed by atoms with van der Waals surface area (Å²) in [6.07, 6.45) is 5.52. The Balaban J connectivity index is 1.09. The summed E-state index contributed by atoms with van der Waals surface area (Å²) in [4.78, 5) is 5.72. The van der Waals surface area contributed by atoms with E-state index >= 15 is 0 Å². The predicted octanol–water partition coefficient (Wildman–Crippen LogP) is 12.1. The van der Waals surface area contributed by atoms with Gasteiger partial charge in [-0.15, -0.1) is 12.6 Å². The van der Waals surface area contributed by atoms with Crippen LogP contribution in [0.1, 0.15) is 37.0 Å². The highest BCUT2D eigenvalue weighted by Crippen LogP contribution is 2.50. The summed E-state index contributed by atoms with van der Waals surface area (Å²) < 4.78 is 0. The Morgan fingerprint density at radius 1 is 0.653 bits per heavy atom. The Kier molecular flexibility index (Phi) is 7.03. The summed E-state index contributed by atoms with van der Waals surface area (Å²) in [5.74, 6) is 0. The molecule has 1 aliphatic heterocycles. The fourth-order valence-electron chi connectivity index (χ4n) is 8.05. The zero-order chi connectivity index (χ0) is 33.1.